The summed E-state index contributed by atoms with van der Waals surface area (Å²) in [4.78, 5) is 18.4. The molecule has 0 bridgehead atoms. The Morgan fingerprint density at radius 2 is 2.13 bits per heavy atom. The number of aliphatic hydroxyl groups excluding tert-OH is 1. The molecule has 0 spiro atoms. The van der Waals surface area contributed by atoms with Crippen molar-refractivity contribution >= 4 is 5.91 Å². The molecule has 2 aromatic rings. The van der Waals surface area contributed by atoms with Crippen molar-refractivity contribution < 1.29 is 9.90 Å². The monoisotopic (exact) mass is 313 g/mol. The molecule has 0 radical (unpaired) electrons. The fraction of sp³-hybridized carbons (Fsp3) is 0.444. The van der Waals surface area contributed by atoms with E-state index in [1.54, 1.807) is 23.3 Å². The maximum Gasteiger partial charge on any atom is 0.242 e. The van der Waals surface area contributed by atoms with Crippen LogP contribution >= 0.6 is 0 Å². The van der Waals surface area contributed by atoms with Crippen LogP contribution in [0.5, 0.6) is 0 Å². The third-order valence-corrected chi connectivity index (χ3v) is 4.51. The van der Waals surface area contributed by atoms with Crippen LogP contribution in [0.25, 0.3) is 0 Å². The minimum Gasteiger partial charge on any atom is -0.391 e. The number of amides is 1. The van der Waals surface area contributed by atoms with Gasteiger partial charge in [0.05, 0.1) is 18.5 Å². The number of aromatic nitrogens is 2. The van der Waals surface area contributed by atoms with E-state index in [2.05, 4.69) is 36.2 Å². The third kappa shape index (κ3) is 3.79. The Kier molecular flexibility index (Phi) is 4.76. The first-order valence-electron chi connectivity index (χ1n) is 8.12. The number of aryl methyl sites for hydroxylation is 1. The zero-order chi connectivity index (χ0) is 16.2. The van der Waals surface area contributed by atoms with Gasteiger partial charge in [-0.25, -0.2) is 4.98 Å². The predicted molar refractivity (Wildman–Crippen MR) is 87.9 cm³/mol. The minimum atomic E-state index is -0.461. The Bertz CT molecular complexity index is 637. The molecular weight excluding hydrogens is 290 g/mol. The standard InChI is InChI=1S/C18H23N3O2/c1-14-4-6-15(7-5-14)11-16-17(22)3-2-9-21(16)18(23)12-20-10-8-19-13-20/h4-8,10,13,16-17,22H,2-3,9,11-12H2,1H3/t16-,17-/m0/s1. The van der Waals surface area contributed by atoms with Gasteiger partial charge in [0, 0.05) is 18.9 Å². The fourth-order valence-corrected chi connectivity index (χ4v) is 3.19. The normalized spacial score (nSPS) is 21.4. The Balaban J connectivity index is 1.73. The van der Waals surface area contributed by atoms with Gasteiger partial charge in [0.1, 0.15) is 6.54 Å². The van der Waals surface area contributed by atoms with Crippen LogP contribution in [0.1, 0.15) is 24.0 Å². The number of likely N-dealkylation sites (tertiary alicyclic amines) is 1. The number of piperidine rings is 1. The molecular formula is C18H23N3O2. The first kappa shape index (κ1) is 15.7. The SMILES string of the molecule is Cc1ccc(C[C@H]2[C@@H](O)CCCN2C(=O)Cn2ccnc2)cc1. The summed E-state index contributed by atoms with van der Waals surface area (Å²) < 4.78 is 1.77. The van der Waals surface area contributed by atoms with Gasteiger partial charge in [-0.15, -0.1) is 0 Å². The molecule has 1 amide bonds. The van der Waals surface area contributed by atoms with Gasteiger partial charge in [0.2, 0.25) is 5.91 Å². The lowest BCUT2D eigenvalue weighted by Gasteiger charge is -2.39. The number of nitrogens with zero attached hydrogens (tertiary/aromatic N) is 3. The van der Waals surface area contributed by atoms with Crippen molar-refractivity contribution in [2.45, 2.75) is 44.9 Å². The number of hydrogen-bond acceptors (Lipinski definition) is 3. The molecule has 23 heavy (non-hydrogen) atoms. The Morgan fingerprint density at radius 3 is 2.83 bits per heavy atom. The Hall–Kier alpha value is -2.14. The average Bonchev–Trinajstić information content (AvgIpc) is 3.04. The van der Waals surface area contributed by atoms with Gasteiger partial charge in [-0.3, -0.25) is 4.79 Å². The zero-order valence-corrected chi connectivity index (χ0v) is 13.4. The van der Waals surface area contributed by atoms with Crippen LogP contribution in [0.2, 0.25) is 0 Å². The summed E-state index contributed by atoms with van der Waals surface area (Å²) >= 11 is 0. The maximum absolute atomic E-state index is 12.6. The highest BCUT2D eigenvalue weighted by Crippen LogP contribution is 2.22. The molecule has 122 valence electrons. The molecule has 1 aliphatic rings. The van der Waals surface area contributed by atoms with E-state index in [1.165, 1.54) is 5.56 Å². The molecule has 1 fully saturated rings. The second kappa shape index (κ2) is 6.96. The number of hydrogen-bond donors (Lipinski definition) is 1. The van der Waals surface area contributed by atoms with Gasteiger partial charge in [-0.2, -0.15) is 0 Å². The quantitative estimate of drug-likeness (QED) is 0.936. The molecule has 5 heteroatoms. The summed E-state index contributed by atoms with van der Waals surface area (Å²) in [5.74, 6) is 0.0406. The summed E-state index contributed by atoms with van der Waals surface area (Å²) in [6.07, 6.45) is 6.93. The van der Waals surface area contributed by atoms with E-state index in [1.807, 2.05) is 4.90 Å². The van der Waals surface area contributed by atoms with Gasteiger partial charge in [-0.1, -0.05) is 29.8 Å². The molecule has 1 saturated heterocycles. The number of aliphatic hydroxyl groups is 1. The molecule has 1 aromatic carbocycles. The van der Waals surface area contributed by atoms with E-state index in [-0.39, 0.29) is 18.5 Å². The maximum atomic E-state index is 12.6. The van der Waals surface area contributed by atoms with E-state index in [9.17, 15) is 9.90 Å². The van der Waals surface area contributed by atoms with Gasteiger partial charge >= 0.3 is 0 Å². The summed E-state index contributed by atoms with van der Waals surface area (Å²) in [5.41, 5.74) is 2.37. The van der Waals surface area contributed by atoms with Crippen molar-refractivity contribution in [3.63, 3.8) is 0 Å². The zero-order valence-electron chi connectivity index (χ0n) is 13.4. The van der Waals surface area contributed by atoms with Crippen molar-refractivity contribution in [2.24, 2.45) is 0 Å². The van der Waals surface area contributed by atoms with E-state index in [0.717, 1.165) is 18.4 Å². The second-order valence-corrected chi connectivity index (χ2v) is 6.29. The first-order chi connectivity index (χ1) is 11.1. The highest BCUT2D eigenvalue weighted by molar-refractivity contribution is 5.76. The fourth-order valence-electron chi connectivity index (χ4n) is 3.19. The molecule has 0 aliphatic carbocycles. The predicted octanol–water partition coefficient (Wildman–Crippen LogP) is 1.79. The van der Waals surface area contributed by atoms with Gasteiger partial charge < -0.3 is 14.6 Å². The van der Waals surface area contributed by atoms with Crippen molar-refractivity contribution in [1.82, 2.24) is 14.5 Å². The lowest BCUT2D eigenvalue weighted by molar-refractivity contribution is -0.139. The van der Waals surface area contributed by atoms with Crippen molar-refractivity contribution in [3.8, 4) is 0 Å². The number of carbonyl (C=O) groups excluding carboxylic acids is 1. The van der Waals surface area contributed by atoms with Crippen LogP contribution in [0.15, 0.2) is 43.0 Å². The summed E-state index contributed by atoms with van der Waals surface area (Å²) in [6.45, 7) is 3.04. The third-order valence-electron chi connectivity index (χ3n) is 4.51. The van der Waals surface area contributed by atoms with Crippen LogP contribution in [-0.2, 0) is 17.8 Å². The molecule has 0 saturated carbocycles. The van der Waals surface area contributed by atoms with Crippen LogP contribution in [0, 0.1) is 6.92 Å². The van der Waals surface area contributed by atoms with Crippen molar-refractivity contribution in [1.29, 1.82) is 0 Å². The van der Waals surface area contributed by atoms with Crippen LogP contribution in [0.4, 0.5) is 0 Å². The first-order valence-corrected chi connectivity index (χ1v) is 8.12. The molecule has 3 rings (SSSR count). The van der Waals surface area contributed by atoms with Gasteiger partial charge in [-0.05, 0) is 31.7 Å². The number of benzene rings is 1. The van der Waals surface area contributed by atoms with Crippen LogP contribution < -0.4 is 0 Å². The highest BCUT2D eigenvalue weighted by Gasteiger charge is 2.33. The lowest BCUT2D eigenvalue weighted by atomic mass is 9.92. The van der Waals surface area contributed by atoms with Gasteiger partial charge in [0.15, 0.2) is 0 Å². The Morgan fingerprint density at radius 1 is 1.35 bits per heavy atom. The number of carbonyl (C=O) groups is 1. The smallest absolute Gasteiger partial charge is 0.242 e. The highest BCUT2D eigenvalue weighted by atomic mass is 16.3. The van der Waals surface area contributed by atoms with E-state index < -0.39 is 6.10 Å². The molecule has 2 heterocycles. The molecule has 0 unspecified atom stereocenters. The summed E-state index contributed by atoms with van der Waals surface area (Å²) in [7, 11) is 0. The summed E-state index contributed by atoms with van der Waals surface area (Å²) in [5, 5.41) is 10.4. The molecule has 1 aromatic heterocycles. The topological polar surface area (TPSA) is 58.4 Å². The number of imidazole rings is 1. The molecule has 1 aliphatic heterocycles. The van der Waals surface area contributed by atoms with Crippen LogP contribution in [0.3, 0.4) is 0 Å². The van der Waals surface area contributed by atoms with Crippen LogP contribution in [-0.4, -0.2) is 44.2 Å². The molecule has 2 atom stereocenters. The number of rotatable bonds is 4. The minimum absolute atomic E-state index is 0.0406. The molecule has 5 nitrogen and oxygen atoms in total. The van der Waals surface area contributed by atoms with Crippen molar-refractivity contribution in [3.05, 3.63) is 54.1 Å². The van der Waals surface area contributed by atoms with E-state index >= 15 is 0 Å². The Labute approximate surface area is 136 Å². The van der Waals surface area contributed by atoms with E-state index in [0.29, 0.717) is 13.0 Å². The molecule has 1 N–H and O–H groups in total. The summed E-state index contributed by atoms with van der Waals surface area (Å²) in [6, 6.07) is 8.15. The lowest BCUT2D eigenvalue weighted by Crippen LogP contribution is -2.52. The second-order valence-electron chi connectivity index (χ2n) is 6.29. The van der Waals surface area contributed by atoms with Crippen molar-refractivity contribution in [2.75, 3.05) is 6.54 Å². The largest absolute Gasteiger partial charge is 0.391 e. The van der Waals surface area contributed by atoms with E-state index in [4.69, 9.17) is 0 Å². The average molecular weight is 313 g/mol. The van der Waals surface area contributed by atoms with Gasteiger partial charge in [0.25, 0.3) is 0 Å².